The summed E-state index contributed by atoms with van der Waals surface area (Å²) < 4.78 is 5.12. The van der Waals surface area contributed by atoms with Gasteiger partial charge in [-0.2, -0.15) is 0 Å². The van der Waals surface area contributed by atoms with Gasteiger partial charge in [-0.3, -0.25) is 15.1 Å². The second-order valence-corrected chi connectivity index (χ2v) is 7.80. The number of fused-ring (bicyclic) bond motifs is 2. The highest BCUT2D eigenvalue weighted by Gasteiger charge is 2.29. The maximum atomic E-state index is 12.1. The van der Waals surface area contributed by atoms with Gasteiger partial charge < -0.3 is 9.64 Å². The van der Waals surface area contributed by atoms with E-state index in [1.54, 1.807) is 30.2 Å². The lowest BCUT2D eigenvalue weighted by Crippen LogP contribution is -2.37. The van der Waals surface area contributed by atoms with Gasteiger partial charge in [0.1, 0.15) is 5.02 Å². The molecule has 30 heavy (non-hydrogen) atoms. The number of aromatic nitrogens is 1. The molecule has 1 aliphatic carbocycles. The third-order valence-corrected chi connectivity index (χ3v) is 5.98. The summed E-state index contributed by atoms with van der Waals surface area (Å²) >= 11 is 6.21. The van der Waals surface area contributed by atoms with E-state index in [1.807, 2.05) is 6.07 Å². The lowest BCUT2D eigenvalue weighted by Gasteiger charge is -2.29. The first kappa shape index (κ1) is 20.3. The largest absolute Gasteiger partial charge is 0.450 e. The Morgan fingerprint density at radius 2 is 1.97 bits per heavy atom. The van der Waals surface area contributed by atoms with Crippen molar-refractivity contribution >= 4 is 29.0 Å². The number of hydrogen-bond donors (Lipinski definition) is 0. The molecule has 1 saturated heterocycles. The van der Waals surface area contributed by atoms with Crippen LogP contribution in [0.4, 0.5) is 10.5 Å². The summed E-state index contributed by atoms with van der Waals surface area (Å²) in [6, 6.07) is 7.27. The zero-order valence-electron chi connectivity index (χ0n) is 16.7. The molecule has 0 bridgehead atoms. The summed E-state index contributed by atoms with van der Waals surface area (Å²) in [5, 5.41) is 11.7. The second-order valence-electron chi connectivity index (χ2n) is 7.39. The lowest BCUT2D eigenvalue weighted by atomic mass is 9.88. The fraction of sp³-hybridized carbons (Fsp3) is 0.364. The van der Waals surface area contributed by atoms with Crippen LogP contribution < -0.4 is 0 Å². The molecule has 0 atom stereocenters. The van der Waals surface area contributed by atoms with Gasteiger partial charge in [-0.15, -0.1) is 0 Å². The zero-order valence-corrected chi connectivity index (χ0v) is 17.4. The van der Waals surface area contributed by atoms with Crippen molar-refractivity contribution in [2.75, 3.05) is 19.7 Å². The summed E-state index contributed by atoms with van der Waals surface area (Å²) in [5.74, 6) is 0. The Morgan fingerprint density at radius 1 is 1.23 bits per heavy atom. The van der Waals surface area contributed by atoms with Gasteiger partial charge in [0.2, 0.25) is 0 Å². The van der Waals surface area contributed by atoms with E-state index in [2.05, 4.69) is 11.1 Å². The second kappa shape index (κ2) is 8.44. The SMILES string of the molecule is CCOC(=O)N1CCC(=C2c3cc([N+](=O)[O-])c(Cl)cc3CCc3cccnc32)CC1. The molecule has 2 aromatic rings. The number of carbonyl (C=O) groups excluding carboxylic acids is 1. The quantitative estimate of drug-likeness (QED) is 0.507. The topological polar surface area (TPSA) is 85.6 Å². The summed E-state index contributed by atoms with van der Waals surface area (Å²) in [5.41, 5.74) is 5.78. The van der Waals surface area contributed by atoms with E-state index in [-0.39, 0.29) is 16.8 Å². The highest BCUT2D eigenvalue weighted by molar-refractivity contribution is 6.32. The lowest BCUT2D eigenvalue weighted by molar-refractivity contribution is -0.384. The van der Waals surface area contributed by atoms with Crippen molar-refractivity contribution in [2.24, 2.45) is 0 Å². The van der Waals surface area contributed by atoms with Gasteiger partial charge in [0.05, 0.1) is 17.2 Å². The monoisotopic (exact) mass is 427 g/mol. The van der Waals surface area contributed by atoms with Crippen molar-refractivity contribution in [2.45, 2.75) is 32.6 Å². The Labute approximate surface area is 179 Å². The number of aryl methyl sites for hydroxylation is 2. The number of nitro benzene ring substituents is 1. The molecule has 2 heterocycles. The molecular weight excluding hydrogens is 406 g/mol. The molecule has 1 aliphatic heterocycles. The number of hydrogen-bond acceptors (Lipinski definition) is 5. The number of rotatable bonds is 2. The molecule has 0 saturated carbocycles. The fourth-order valence-corrected chi connectivity index (χ4v) is 4.48. The van der Waals surface area contributed by atoms with E-state index in [4.69, 9.17) is 16.3 Å². The molecule has 1 aromatic carbocycles. The fourth-order valence-electron chi connectivity index (χ4n) is 4.23. The number of carbonyl (C=O) groups is 1. The standard InChI is InChI=1S/C22H22ClN3O4/c1-2-30-22(27)25-10-7-14(8-11-25)20-17-13-19(26(28)29)18(23)12-16(17)6-5-15-4-3-9-24-21(15)20/h3-4,9,12-13H,2,5-8,10-11H2,1H3. The molecule has 0 radical (unpaired) electrons. The third-order valence-electron chi connectivity index (χ3n) is 5.68. The Morgan fingerprint density at radius 3 is 2.67 bits per heavy atom. The van der Waals surface area contributed by atoms with Crippen molar-refractivity contribution < 1.29 is 14.5 Å². The highest BCUT2D eigenvalue weighted by atomic mass is 35.5. The first-order valence-corrected chi connectivity index (χ1v) is 10.4. The minimum Gasteiger partial charge on any atom is -0.450 e. The number of ether oxygens (including phenoxy) is 1. The van der Waals surface area contributed by atoms with Crippen molar-refractivity contribution in [3.05, 3.63) is 73.6 Å². The molecule has 156 valence electrons. The van der Waals surface area contributed by atoms with Crippen LogP contribution >= 0.6 is 11.6 Å². The Balaban J connectivity index is 1.83. The van der Waals surface area contributed by atoms with Crippen molar-refractivity contribution in [3.8, 4) is 0 Å². The number of nitro groups is 1. The molecule has 1 fully saturated rings. The van der Waals surface area contributed by atoms with Gasteiger partial charge in [-0.1, -0.05) is 23.2 Å². The van der Waals surface area contributed by atoms with Crippen LogP contribution in [-0.2, 0) is 17.6 Å². The third kappa shape index (κ3) is 3.77. The molecule has 1 amide bonds. The van der Waals surface area contributed by atoms with E-state index in [0.29, 0.717) is 32.5 Å². The average molecular weight is 428 g/mol. The van der Waals surface area contributed by atoms with Gasteiger partial charge in [0, 0.05) is 30.9 Å². The van der Waals surface area contributed by atoms with Gasteiger partial charge in [-0.05, 0) is 61.4 Å². The molecule has 4 rings (SSSR count). The van der Waals surface area contributed by atoms with E-state index in [1.165, 1.54) is 0 Å². The van der Waals surface area contributed by atoms with Crippen LogP contribution in [0.15, 0.2) is 36.0 Å². The Hall–Kier alpha value is -2.93. The van der Waals surface area contributed by atoms with Crippen molar-refractivity contribution in [1.82, 2.24) is 9.88 Å². The van der Waals surface area contributed by atoms with Crippen LogP contribution in [0, 0.1) is 10.1 Å². The van der Waals surface area contributed by atoms with Gasteiger partial charge in [-0.25, -0.2) is 4.79 Å². The summed E-state index contributed by atoms with van der Waals surface area (Å²) in [6.45, 7) is 3.23. The molecule has 0 unspecified atom stereocenters. The molecule has 0 N–H and O–H groups in total. The number of benzene rings is 1. The predicted molar refractivity (Wildman–Crippen MR) is 114 cm³/mol. The molecule has 8 heteroatoms. The Bertz CT molecular complexity index is 1040. The first-order chi connectivity index (χ1) is 14.5. The average Bonchev–Trinajstić information content (AvgIpc) is 2.90. The molecule has 1 aromatic heterocycles. The smallest absolute Gasteiger partial charge is 0.409 e. The number of likely N-dealkylation sites (tertiary alicyclic amines) is 1. The van der Waals surface area contributed by atoms with Crippen LogP contribution in [-0.4, -0.2) is 40.6 Å². The maximum Gasteiger partial charge on any atom is 0.409 e. The van der Waals surface area contributed by atoms with E-state index < -0.39 is 4.92 Å². The predicted octanol–water partition coefficient (Wildman–Crippen LogP) is 4.80. The Kier molecular flexibility index (Phi) is 5.72. The van der Waals surface area contributed by atoms with Gasteiger partial charge >= 0.3 is 6.09 Å². The highest BCUT2D eigenvalue weighted by Crippen LogP contribution is 2.41. The minimum atomic E-state index is -0.446. The maximum absolute atomic E-state index is 12.1. The number of halogens is 1. The summed E-state index contributed by atoms with van der Waals surface area (Å²) in [6.07, 6.45) is 4.31. The van der Waals surface area contributed by atoms with Crippen LogP contribution in [0.25, 0.3) is 5.57 Å². The number of amides is 1. The molecule has 7 nitrogen and oxygen atoms in total. The zero-order chi connectivity index (χ0) is 21.3. The van der Waals surface area contributed by atoms with Crippen molar-refractivity contribution in [3.63, 3.8) is 0 Å². The number of nitrogens with zero attached hydrogens (tertiary/aromatic N) is 3. The van der Waals surface area contributed by atoms with Crippen LogP contribution in [0.2, 0.25) is 5.02 Å². The van der Waals surface area contributed by atoms with Crippen LogP contribution in [0.5, 0.6) is 0 Å². The summed E-state index contributed by atoms with van der Waals surface area (Å²) in [7, 11) is 0. The molecule has 2 aliphatic rings. The minimum absolute atomic E-state index is 0.100. The van der Waals surface area contributed by atoms with Crippen LogP contribution in [0.3, 0.4) is 0 Å². The number of piperidine rings is 1. The van der Waals surface area contributed by atoms with Crippen molar-refractivity contribution in [1.29, 1.82) is 0 Å². The molecule has 0 spiro atoms. The van der Waals surface area contributed by atoms with Crippen LogP contribution in [0.1, 0.15) is 42.1 Å². The van der Waals surface area contributed by atoms with E-state index in [0.717, 1.165) is 46.4 Å². The van der Waals surface area contributed by atoms with Gasteiger partial charge in [0.15, 0.2) is 0 Å². The first-order valence-electron chi connectivity index (χ1n) is 10.0. The summed E-state index contributed by atoms with van der Waals surface area (Å²) in [4.78, 5) is 29.5. The number of pyridine rings is 1. The molecular formula is C22H22ClN3O4. The normalized spacial score (nSPS) is 15.9. The van der Waals surface area contributed by atoms with E-state index in [9.17, 15) is 14.9 Å². The van der Waals surface area contributed by atoms with Gasteiger partial charge in [0.25, 0.3) is 5.69 Å². The van der Waals surface area contributed by atoms with E-state index >= 15 is 0 Å².